The maximum atomic E-state index is 12.9. The second kappa shape index (κ2) is 7.43. The highest BCUT2D eigenvalue weighted by Gasteiger charge is 2.42. The number of aromatic nitrogens is 2. The molecule has 0 saturated carbocycles. The molecule has 0 radical (unpaired) electrons. The fourth-order valence-corrected chi connectivity index (χ4v) is 4.81. The van der Waals surface area contributed by atoms with Crippen LogP contribution in [0.25, 0.3) is 0 Å². The van der Waals surface area contributed by atoms with Crippen LogP contribution in [0.1, 0.15) is 58.8 Å². The Morgan fingerprint density at radius 3 is 2.31 bits per heavy atom. The van der Waals surface area contributed by atoms with Crippen LogP contribution in [0.5, 0.6) is 0 Å². The largest absolute Gasteiger partial charge is 0.381 e. The molecule has 0 spiro atoms. The normalized spacial score (nSPS) is 17.5. The number of rotatable bonds is 6. The molecule has 2 rings (SSSR count). The third-order valence-corrected chi connectivity index (χ3v) is 8.02. The second-order valence-electron chi connectivity index (χ2n) is 8.84. The molecule has 1 saturated heterocycles. The van der Waals surface area contributed by atoms with E-state index in [-0.39, 0.29) is 29.3 Å². The Balaban J connectivity index is 2.15. The lowest BCUT2D eigenvalue weighted by atomic mass is 9.92. The van der Waals surface area contributed by atoms with Crippen molar-refractivity contribution >= 4 is 15.6 Å². The highest BCUT2D eigenvalue weighted by atomic mass is 32.2. The van der Waals surface area contributed by atoms with Crippen LogP contribution >= 0.6 is 0 Å². The number of ketones is 1. The van der Waals surface area contributed by atoms with E-state index in [4.69, 9.17) is 4.74 Å². The standard InChI is InChI=1S/C19H32N2O4S/c1-18(2,3)16-11-15(21(6)20-16)12-17(22)19(4,5)26(23,24)13-14-7-9-25-10-8-14/h11,14H,7-10,12-13H2,1-6H3. The molecule has 7 heteroatoms. The third-order valence-electron chi connectivity index (χ3n) is 5.33. The van der Waals surface area contributed by atoms with E-state index in [9.17, 15) is 13.2 Å². The summed E-state index contributed by atoms with van der Waals surface area (Å²) in [5.41, 5.74) is 1.52. The van der Waals surface area contributed by atoms with Crippen LogP contribution in [0.2, 0.25) is 0 Å². The number of carbonyl (C=O) groups excluding carboxylic acids is 1. The van der Waals surface area contributed by atoms with Crippen molar-refractivity contribution < 1.29 is 17.9 Å². The van der Waals surface area contributed by atoms with Gasteiger partial charge in [0.05, 0.1) is 17.9 Å². The molecule has 2 heterocycles. The van der Waals surface area contributed by atoms with Crippen LogP contribution in [0.15, 0.2) is 6.07 Å². The highest BCUT2D eigenvalue weighted by molar-refractivity contribution is 7.93. The number of hydrogen-bond donors (Lipinski definition) is 0. The molecule has 0 aromatic carbocycles. The Kier molecular flexibility index (Phi) is 6.03. The zero-order valence-electron chi connectivity index (χ0n) is 16.8. The zero-order valence-corrected chi connectivity index (χ0v) is 17.6. The number of sulfone groups is 1. The molecule has 0 aliphatic carbocycles. The molecule has 1 fully saturated rings. The van der Waals surface area contributed by atoms with E-state index >= 15 is 0 Å². The fourth-order valence-electron chi connectivity index (χ4n) is 3.02. The summed E-state index contributed by atoms with van der Waals surface area (Å²) in [6.07, 6.45) is 1.54. The van der Waals surface area contributed by atoms with E-state index in [2.05, 4.69) is 25.9 Å². The monoisotopic (exact) mass is 384 g/mol. The third kappa shape index (κ3) is 4.55. The van der Waals surface area contributed by atoms with Gasteiger partial charge in [0.15, 0.2) is 15.6 Å². The first kappa shape index (κ1) is 21.1. The van der Waals surface area contributed by atoms with Crippen LogP contribution in [-0.2, 0) is 38.3 Å². The molecule has 6 nitrogen and oxygen atoms in total. The van der Waals surface area contributed by atoms with Gasteiger partial charge in [0.2, 0.25) is 0 Å². The molecule has 0 amide bonds. The molecule has 26 heavy (non-hydrogen) atoms. The average molecular weight is 385 g/mol. The molecule has 0 atom stereocenters. The van der Waals surface area contributed by atoms with Crippen molar-refractivity contribution in [2.45, 2.75) is 64.0 Å². The Morgan fingerprint density at radius 1 is 1.23 bits per heavy atom. The SMILES string of the molecule is Cn1nc(C(C)(C)C)cc1CC(=O)C(C)(C)S(=O)(=O)CC1CCOCC1. The molecule has 1 aromatic rings. The summed E-state index contributed by atoms with van der Waals surface area (Å²) in [6.45, 7) is 10.4. The maximum absolute atomic E-state index is 12.9. The van der Waals surface area contributed by atoms with Crippen molar-refractivity contribution in [1.29, 1.82) is 0 Å². The first-order valence-corrected chi connectivity index (χ1v) is 10.9. The van der Waals surface area contributed by atoms with E-state index in [1.54, 1.807) is 11.7 Å². The molecule has 0 unspecified atom stereocenters. The summed E-state index contributed by atoms with van der Waals surface area (Å²) < 4.78 is 31.4. The van der Waals surface area contributed by atoms with Crippen LogP contribution in [0.4, 0.5) is 0 Å². The minimum absolute atomic E-state index is 0.0493. The number of nitrogens with zero attached hydrogens (tertiary/aromatic N) is 2. The van der Waals surface area contributed by atoms with E-state index in [0.717, 1.165) is 24.2 Å². The van der Waals surface area contributed by atoms with Gasteiger partial charge in [-0.15, -0.1) is 0 Å². The van der Waals surface area contributed by atoms with Crippen LogP contribution < -0.4 is 0 Å². The lowest BCUT2D eigenvalue weighted by Crippen LogP contribution is -2.45. The van der Waals surface area contributed by atoms with Gasteiger partial charge in [-0.3, -0.25) is 9.48 Å². The zero-order chi connectivity index (χ0) is 19.8. The second-order valence-corrected chi connectivity index (χ2v) is 11.4. The lowest BCUT2D eigenvalue weighted by molar-refractivity contribution is -0.120. The van der Waals surface area contributed by atoms with Crippen LogP contribution in [0.3, 0.4) is 0 Å². The fraction of sp³-hybridized carbons (Fsp3) is 0.789. The summed E-state index contributed by atoms with van der Waals surface area (Å²) in [5, 5.41) is 4.47. The van der Waals surface area contributed by atoms with Gasteiger partial charge < -0.3 is 4.74 Å². The van der Waals surface area contributed by atoms with Crippen molar-refractivity contribution in [1.82, 2.24) is 9.78 Å². The van der Waals surface area contributed by atoms with E-state index in [1.807, 2.05) is 6.07 Å². The topological polar surface area (TPSA) is 78.3 Å². The molecule has 0 N–H and O–H groups in total. The Morgan fingerprint density at radius 2 is 1.81 bits per heavy atom. The minimum Gasteiger partial charge on any atom is -0.381 e. The summed E-state index contributed by atoms with van der Waals surface area (Å²) >= 11 is 0. The van der Waals surface area contributed by atoms with Gasteiger partial charge in [0.1, 0.15) is 4.75 Å². The Bertz CT molecular complexity index is 751. The first-order chi connectivity index (χ1) is 11.8. The van der Waals surface area contributed by atoms with Crippen molar-refractivity contribution in [2.75, 3.05) is 19.0 Å². The molecule has 148 valence electrons. The molecular weight excluding hydrogens is 352 g/mol. The molecule has 1 aliphatic rings. The number of hydrogen-bond acceptors (Lipinski definition) is 5. The Hall–Kier alpha value is -1.21. The average Bonchev–Trinajstić information content (AvgIpc) is 2.89. The van der Waals surface area contributed by atoms with Gasteiger partial charge in [-0.25, -0.2) is 8.42 Å². The summed E-state index contributed by atoms with van der Waals surface area (Å²) in [6, 6.07) is 1.90. The van der Waals surface area contributed by atoms with Gasteiger partial charge in [0, 0.05) is 31.4 Å². The van der Waals surface area contributed by atoms with E-state index < -0.39 is 14.6 Å². The Labute approximate surface area is 157 Å². The van der Waals surface area contributed by atoms with E-state index in [1.165, 1.54) is 13.8 Å². The quantitative estimate of drug-likeness (QED) is 0.753. The van der Waals surface area contributed by atoms with Crippen molar-refractivity contribution in [3.05, 3.63) is 17.5 Å². The number of ether oxygens (including phenoxy) is 1. The molecule has 1 aliphatic heterocycles. The predicted molar refractivity (Wildman–Crippen MR) is 102 cm³/mol. The van der Waals surface area contributed by atoms with Crippen molar-refractivity contribution in [2.24, 2.45) is 13.0 Å². The smallest absolute Gasteiger partial charge is 0.162 e. The van der Waals surface area contributed by atoms with Crippen molar-refractivity contribution in [3.63, 3.8) is 0 Å². The van der Waals surface area contributed by atoms with Gasteiger partial charge in [-0.2, -0.15) is 5.10 Å². The number of carbonyl (C=O) groups is 1. The van der Waals surface area contributed by atoms with Gasteiger partial charge in [-0.05, 0) is 38.7 Å². The minimum atomic E-state index is -3.55. The van der Waals surface area contributed by atoms with Crippen molar-refractivity contribution in [3.8, 4) is 0 Å². The summed E-state index contributed by atoms with van der Waals surface area (Å²) in [5.74, 6) is -0.161. The summed E-state index contributed by atoms with van der Waals surface area (Å²) in [7, 11) is -1.75. The van der Waals surface area contributed by atoms with Gasteiger partial charge in [0.25, 0.3) is 0 Å². The van der Waals surface area contributed by atoms with Gasteiger partial charge >= 0.3 is 0 Å². The molecule has 1 aromatic heterocycles. The number of Topliss-reactive ketones (excluding diaryl/α,β-unsaturated/α-hetero) is 1. The predicted octanol–water partition coefficient (Wildman–Crippen LogP) is 2.45. The van der Waals surface area contributed by atoms with Crippen LogP contribution in [-0.4, -0.2) is 47.7 Å². The lowest BCUT2D eigenvalue weighted by Gasteiger charge is -2.28. The first-order valence-electron chi connectivity index (χ1n) is 9.21. The highest BCUT2D eigenvalue weighted by Crippen LogP contribution is 2.27. The summed E-state index contributed by atoms with van der Waals surface area (Å²) in [4.78, 5) is 12.9. The van der Waals surface area contributed by atoms with Gasteiger partial charge in [-0.1, -0.05) is 20.8 Å². The van der Waals surface area contributed by atoms with E-state index in [0.29, 0.717) is 13.2 Å². The molecular formula is C19H32N2O4S. The number of aryl methyl sites for hydroxylation is 1. The maximum Gasteiger partial charge on any atom is 0.162 e. The van der Waals surface area contributed by atoms with Crippen LogP contribution in [0, 0.1) is 5.92 Å². The molecule has 0 bridgehead atoms.